The second kappa shape index (κ2) is 10.4. The first-order valence-corrected chi connectivity index (χ1v) is 11.1. The molecular formula is C25H20ClN3O6. The minimum Gasteiger partial charge on any atom is -0.444 e. The van der Waals surface area contributed by atoms with Crippen LogP contribution in [0.2, 0.25) is 5.02 Å². The van der Waals surface area contributed by atoms with Gasteiger partial charge in [0.25, 0.3) is 11.6 Å². The molecule has 10 heteroatoms. The highest BCUT2D eigenvalue weighted by molar-refractivity contribution is 6.34. The van der Waals surface area contributed by atoms with Crippen LogP contribution in [0.15, 0.2) is 72.8 Å². The van der Waals surface area contributed by atoms with Crippen molar-refractivity contribution in [3.05, 3.63) is 99.1 Å². The number of nitrogens with one attached hydrogen (secondary N) is 1. The number of esters is 1. The highest BCUT2D eigenvalue weighted by Crippen LogP contribution is 2.29. The molecule has 0 spiro atoms. The Balaban J connectivity index is 1.57. The summed E-state index contributed by atoms with van der Waals surface area (Å²) >= 11 is 6.10. The molecule has 1 fully saturated rings. The molecule has 1 heterocycles. The molecule has 0 aliphatic carbocycles. The van der Waals surface area contributed by atoms with Crippen molar-refractivity contribution in [2.24, 2.45) is 0 Å². The maximum absolute atomic E-state index is 13.1. The lowest BCUT2D eigenvalue weighted by molar-refractivity contribution is -0.384. The molecule has 1 atom stereocenters. The summed E-state index contributed by atoms with van der Waals surface area (Å²) in [6.45, 7) is 0.572. The largest absolute Gasteiger partial charge is 0.444 e. The van der Waals surface area contributed by atoms with E-state index >= 15 is 0 Å². The molecule has 9 nitrogen and oxygen atoms in total. The smallest absolute Gasteiger partial charge is 0.339 e. The molecule has 3 aromatic rings. The average molecular weight is 494 g/mol. The number of benzene rings is 3. The van der Waals surface area contributed by atoms with Crippen LogP contribution in [0.25, 0.3) is 0 Å². The first kappa shape index (κ1) is 23.9. The Labute approximate surface area is 205 Å². The number of halogens is 1. The number of hydrogen-bond donors (Lipinski definition) is 1. The van der Waals surface area contributed by atoms with Gasteiger partial charge in [-0.1, -0.05) is 48.0 Å². The Kier molecular flexibility index (Phi) is 7.07. The molecule has 3 aromatic carbocycles. The van der Waals surface area contributed by atoms with Crippen LogP contribution in [0, 0.1) is 10.1 Å². The van der Waals surface area contributed by atoms with E-state index in [0.717, 1.165) is 12.5 Å². The fourth-order valence-corrected chi connectivity index (χ4v) is 3.94. The zero-order chi connectivity index (χ0) is 24.9. The van der Waals surface area contributed by atoms with Gasteiger partial charge in [0.05, 0.1) is 21.2 Å². The van der Waals surface area contributed by atoms with Crippen molar-refractivity contribution in [1.82, 2.24) is 0 Å². The molecule has 1 N–H and O–H groups in total. The maximum atomic E-state index is 13.1. The summed E-state index contributed by atoms with van der Waals surface area (Å²) in [5.41, 5.74) is 1.09. The molecular weight excluding hydrogens is 474 g/mol. The summed E-state index contributed by atoms with van der Waals surface area (Å²) in [7, 11) is 0. The van der Waals surface area contributed by atoms with E-state index < -0.39 is 22.9 Å². The summed E-state index contributed by atoms with van der Waals surface area (Å²) < 4.78 is 5.60. The van der Waals surface area contributed by atoms with E-state index in [1.165, 1.54) is 12.1 Å². The zero-order valence-corrected chi connectivity index (χ0v) is 19.1. The van der Waals surface area contributed by atoms with Crippen molar-refractivity contribution >= 4 is 46.4 Å². The van der Waals surface area contributed by atoms with E-state index in [1.54, 1.807) is 59.5 Å². The maximum Gasteiger partial charge on any atom is 0.339 e. The highest BCUT2D eigenvalue weighted by atomic mass is 35.5. The monoisotopic (exact) mass is 493 g/mol. The fraction of sp³-hybridized carbons (Fsp3) is 0.160. The van der Waals surface area contributed by atoms with Crippen LogP contribution in [0.4, 0.5) is 17.1 Å². The van der Waals surface area contributed by atoms with E-state index in [4.69, 9.17) is 16.3 Å². The van der Waals surface area contributed by atoms with Gasteiger partial charge in [0.1, 0.15) is 0 Å². The first-order valence-electron chi connectivity index (χ1n) is 10.7. The van der Waals surface area contributed by atoms with Crippen LogP contribution in [0.1, 0.15) is 34.9 Å². The van der Waals surface area contributed by atoms with E-state index in [2.05, 4.69) is 5.32 Å². The van der Waals surface area contributed by atoms with Gasteiger partial charge in [0.15, 0.2) is 0 Å². The molecule has 4 rings (SSSR count). The number of non-ortho nitro benzene ring substituents is 1. The molecule has 1 aliphatic heterocycles. The van der Waals surface area contributed by atoms with E-state index in [9.17, 15) is 24.5 Å². The summed E-state index contributed by atoms with van der Waals surface area (Å²) in [6, 6.07) is 18.5. The van der Waals surface area contributed by atoms with Crippen LogP contribution in [-0.4, -0.2) is 29.3 Å². The molecule has 35 heavy (non-hydrogen) atoms. The van der Waals surface area contributed by atoms with Gasteiger partial charge in [-0.05, 0) is 30.7 Å². The Morgan fingerprint density at radius 1 is 1.06 bits per heavy atom. The van der Waals surface area contributed by atoms with E-state index in [-0.39, 0.29) is 27.9 Å². The number of carbonyl (C=O) groups is 3. The second-order valence-corrected chi connectivity index (χ2v) is 8.21. The number of carbonyl (C=O) groups excluding carboxylic acids is 3. The Bertz CT molecular complexity index is 1300. The van der Waals surface area contributed by atoms with Crippen molar-refractivity contribution in [2.45, 2.75) is 18.9 Å². The number of nitro benzene ring substituents is 1. The molecule has 0 aromatic heterocycles. The third-order valence-electron chi connectivity index (χ3n) is 5.45. The molecule has 0 bridgehead atoms. The predicted octanol–water partition coefficient (Wildman–Crippen LogP) is 4.91. The van der Waals surface area contributed by atoms with Crippen molar-refractivity contribution in [2.75, 3.05) is 16.8 Å². The fourth-order valence-electron chi connectivity index (χ4n) is 3.72. The first-order chi connectivity index (χ1) is 16.8. The van der Waals surface area contributed by atoms with Crippen LogP contribution < -0.4 is 10.2 Å². The topological polar surface area (TPSA) is 119 Å². The lowest BCUT2D eigenvalue weighted by Crippen LogP contribution is -2.26. The van der Waals surface area contributed by atoms with Gasteiger partial charge < -0.3 is 15.0 Å². The van der Waals surface area contributed by atoms with Gasteiger partial charge in [0, 0.05) is 36.3 Å². The van der Waals surface area contributed by atoms with Gasteiger partial charge in [-0.15, -0.1) is 0 Å². The third kappa shape index (κ3) is 5.47. The minimum absolute atomic E-state index is 0.0166. The Morgan fingerprint density at radius 3 is 2.49 bits per heavy atom. The minimum atomic E-state index is -1.33. The number of hydrogen-bond acceptors (Lipinski definition) is 6. The van der Waals surface area contributed by atoms with Crippen LogP contribution in [-0.2, 0) is 14.3 Å². The van der Waals surface area contributed by atoms with Crippen molar-refractivity contribution in [3.63, 3.8) is 0 Å². The molecule has 2 amide bonds. The molecule has 0 radical (unpaired) electrons. The molecule has 1 saturated heterocycles. The summed E-state index contributed by atoms with van der Waals surface area (Å²) in [6.07, 6.45) is -0.127. The molecule has 178 valence electrons. The Hall–Kier alpha value is -4.24. The predicted molar refractivity (Wildman–Crippen MR) is 129 cm³/mol. The molecule has 1 aliphatic rings. The van der Waals surface area contributed by atoms with Crippen LogP contribution in [0.5, 0.6) is 0 Å². The van der Waals surface area contributed by atoms with Crippen LogP contribution >= 0.6 is 11.6 Å². The van der Waals surface area contributed by atoms with Crippen molar-refractivity contribution in [3.8, 4) is 0 Å². The Morgan fingerprint density at radius 2 is 1.83 bits per heavy atom. The highest BCUT2D eigenvalue weighted by Gasteiger charge is 2.28. The van der Waals surface area contributed by atoms with Gasteiger partial charge in [0.2, 0.25) is 12.0 Å². The zero-order valence-electron chi connectivity index (χ0n) is 18.3. The lowest BCUT2D eigenvalue weighted by Gasteiger charge is -2.20. The van der Waals surface area contributed by atoms with Gasteiger partial charge in [-0.25, -0.2) is 4.79 Å². The summed E-state index contributed by atoms with van der Waals surface area (Å²) in [5.74, 6) is -1.46. The molecule has 0 saturated carbocycles. The normalized spacial score (nSPS) is 13.9. The van der Waals surface area contributed by atoms with Crippen molar-refractivity contribution in [1.29, 1.82) is 0 Å². The second-order valence-electron chi connectivity index (χ2n) is 7.81. The van der Waals surface area contributed by atoms with Crippen LogP contribution in [0.3, 0.4) is 0 Å². The lowest BCUT2D eigenvalue weighted by atomic mass is 10.1. The number of ether oxygens (including phenoxy) is 1. The quantitative estimate of drug-likeness (QED) is 0.284. The number of rotatable bonds is 7. The standard InChI is InChI=1S/C25H20ClN3O6/c26-20-15-19(29(33)34)11-12-21(20)27-24(31)23(16-6-2-1-3-7-16)35-25(32)17-8-4-9-18(14-17)28-13-5-10-22(28)30/h1-4,6-9,11-12,14-15,23H,5,10,13H2,(H,27,31). The number of nitro groups is 1. The number of nitrogens with zero attached hydrogens (tertiary/aromatic N) is 2. The van der Waals surface area contributed by atoms with Gasteiger partial charge in [-0.2, -0.15) is 0 Å². The third-order valence-corrected chi connectivity index (χ3v) is 5.77. The van der Waals surface area contributed by atoms with Crippen molar-refractivity contribution < 1.29 is 24.0 Å². The van der Waals surface area contributed by atoms with Gasteiger partial charge >= 0.3 is 5.97 Å². The SMILES string of the molecule is O=C(OC(C(=O)Nc1ccc([N+](=O)[O-])cc1Cl)c1ccccc1)c1cccc(N2CCCC2=O)c1. The van der Waals surface area contributed by atoms with Gasteiger partial charge in [-0.3, -0.25) is 19.7 Å². The van der Waals surface area contributed by atoms with E-state index in [0.29, 0.717) is 24.2 Å². The average Bonchev–Trinajstić information content (AvgIpc) is 3.29. The number of anilines is 2. The molecule has 1 unspecified atom stereocenters. The summed E-state index contributed by atoms with van der Waals surface area (Å²) in [5, 5.41) is 13.5. The number of amides is 2. The summed E-state index contributed by atoms with van der Waals surface area (Å²) in [4.78, 5) is 50.2. The van der Waals surface area contributed by atoms with E-state index in [1.807, 2.05) is 0 Å².